The third-order valence-corrected chi connectivity index (χ3v) is 5.12. The Balaban J connectivity index is 1.37. The maximum atomic E-state index is 12.2. The fraction of sp³-hybridized carbons (Fsp3) is 0.550. The first-order chi connectivity index (χ1) is 12.8. The van der Waals surface area contributed by atoms with Gasteiger partial charge in [-0.05, 0) is 32.3 Å². The van der Waals surface area contributed by atoms with Crippen LogP contribution in [0, 0.1) is 0 Å². The van der Waals surface area contributed by atoms with Crippen LogP contribution in [0.25, 0.3) is 0 Å². The van der Waals surface area contributed by atoms with Crippen molar-refractivity contribution in [1.82, 2.24) is 20.4 Å². The Morgan fingerprint density at radius 1 is 1.26 bits per heavy atom. The molecule has 2 saturated heterocycles. The van der Waals surface area contributed by atoms with E-state index >= 15 is 0 Å². The van der Waals surface area contributed by atoms with E-state index in [9.17, 15) is 14.4 Å². The van der Waals surface area contributed by atoms with Crippen molar-refractivity contribution < 1.29 is 14.4 Å². The second kappa shape index (κ2) is 8.08. The van der Waals surface area contributed by atoms with Gasteiger partial charge in [0.1, 0.15) is 5.54 Å². The van der Waals surface area contributed by atoms with Crippen LogP contribution in [0.15, 0.2) is 30.3 Å². The smallest absolute Gasteiger partial charge is 0.325 e. The van der Waals surface area contributed by atoms with E-state index in [2.05, 4.69) is 27.7 Å². The van der Waals surface area contributed by atoms with Gasteiger partial charge in [-0.15, -0.1) is 0 Å². The van der Waals surface area contributed by atoms with Gasteiger partial charge in [-0.3, -0.25) is 19.4 Å². The standard InChI is InChI=1S/C20H28N4O3/c1-20(2)18(26)24(19(27)22-20)11-6-9-17(25)21-16-10-12-23(14-16)13-15-7-4-3-5-8-15/h3-5,7-8,16H,6,9-14H2,1-2H3,(H,21,25)(H,22,27). The predicted octanol–water partition coefficient (Wildman–Crippen LogP) is 1.49. The molecule has 7 nitrogen and oxygen atoms in total. The summed E-state index contributed by atoms with van der Waals surface area (Å²) in [4.78, 5) is 39.7. The van der Waals surface area contributed by atoms with Crippen LogP contribution in [-0.4, -0.2) is 58.9 Å². The second-order valence-electron chi connectivity index (χ2n) is 7.89. The predicted molar refractivity (Wildman–Crippen MR) is 102 cm³/mol. The molecule has 146 valence electrons. The molecule has 0 spiro atoms. The lowest BCUT2D eigenvalue weighted by Crippen LogP contribution is -2.40. The minimum Gasteiger partial charge on any atom is -0.352 e. The number of benzene rings is 1. The van der Waals surface area contributed by atoms with Gasteiger partial charge in [-0.1, -0.05) is 30.3 Å². The third kappa shape index (κ3) is 4.86. The highest BCUT2D eigenvalue weighted by atomic mass is 16.2. The summed E-state index contributed by atoms with van der Waals surface area (Å²) in [5, 5.41) is 5.72. The molecule has 0 bridgehead atoms. The molecular weight excluding hydrogens is 344 g/mol. The first-order valence-corrected chi connectivity index (χ1v) is 9.55. The Morgan fingerprint density at radius 3 is 2.67 bits per heavy atom. The SMILES string of the molecule is CC1(C)NC(=O)N(CCCC(=O)NC2CCN(Cc3ccccc3)C2)C1=O. The minimum atomic E-state index is -0.856. The zero-order chi connectivity index (χ0) is 19.4. The van der Waals surface area contributed by atoms with Crippen molar-refractivity contribution in [2.24, 2.45) is 0 Å². The molecule has 1 unspecified atom stereocenters. The lowest BCUT2D eigenvalue weighted by Gasteiger charge is -2.17. The Bertz CT molecular complexity index is 704. The Kier molecular flexibility index (Phi) is 5.79. The van der Waals surface area contributed by atoms with Gasteiger partial charge in [0, 0.05) is 38.6 Å². The second-order valence-corrected chi connectivity index (χ2v) is 7.89. The average molecular weight is 372 g/mol. The highest BCUT2D eigenvalue weighted by Crippen LogP contribution is 2.17. The van der Waals surface area contributed by atoms with Crippen LogP contribution >= 0.6 is 0 Å². The molecule has 2 heterocycles. The molecule has 2 fully saturated rings. The number of amides is 4. The summed E-state index contributed by atoms with van der Waals surface area (Å²) in [7, 11) is 0. The Labute approximate surface area is 160 Å². The van der Waals surface area contributed by atoms with E-state index in [1.165, 1.54) is 10.5 Å². The highest BCUT2D eigenvalue weighted by Gasteiger charge is 2.43. The molecule has 0 aliphatic carbocycles. The quantitative estimate of drug-likeness (QED) is 0.711. The van der Waals surface area contributed by atoms with Crippen LogP contribution in [0.1, 0.15) is 38.7 Å². The molecule has 0 aromatic heterocycles. The molecule has 1 aromatic rings. The summed E-state index contributed by atoms with van der Waals surface area (Å²) in [6.45, 7) is 6.35. The molecule has 3 rings (SSSR count). The first kappa shape index (κ1) is 19.4. The molecule has 0 radical (unpaired) electrons. The van der Waals surface area contributed by atoms with Gasteiger partial charge < -0.3 is 10.6 Å². The van der Waals surface area contributed by atoms with Gasteiger partial charge in [0.15, 0.2) is 0 Å². The van der Waals surface area contributed by atoms with Crippen LogP contribution in [0.4, 0.5) is 4.79 Å². The van der Waals surface area contributed by atoms with E-state index in [0.717, 1.165) is 26.1 Å². The lowest BCUT2D eigenvalue weighted by molar-refractivity contribution is -0.130. The molecule has 1 aromatic carbocycles. The topological polar surface area (TPSA) is 81.8 Å². The van der Waals surface area contributed by atoms with Gasteiger partial charge in [0.05, 0.1) is 0 Å². The zero-order valence-corrected chi connectivity index (χ0v) is 16.0. The summed E-state index contributed by atoms with van der Waals surface area (Å²) in [5.74, 6) is -0.256. The number of imide groups is 1. The summed E-state index contributed by atoms with van der Waals surface area (Å²) < 4.78 is 0. The van der Waals surface area contributed by atoms with E-state index in [0.29, 0.717) is 12.8 Å². The first-order valence-electron chi connectivity index (χ1n) is 9.55. The van der Waals surface area contributed by atoms with Crippen molar-refractivity contribution in [1.29, 1.82) is 0 Å². The van der Waals surface area contributed by atoms with Gasteiger partial charge in [-0.2, -0.15) is 0 Å². The van der Waals surface area contributed by atoms with Crippen LogP contribution in [0.2, 0.25) is 0 Å². The summed E-state index contributed by atoms with van der Waals surface area (Å²) in [6.07, 6.45) is 1.73. The number of carbonyl (C=O) groups excluding carboxylic acids is 3. The van der Waals surface area contributed by atoms with Gasteiger partial charge in [-0.25, -0.2) is 4.79 Å². The van der Waals surface area contributed by atoms with Crippen molar-refractivity contribution in [3.63, 3.8) is 0 Å². The third-order valence-electron chi connectivity index (χ3n) is 5.12. The Morgan fingerprint density at radius 2 is 2.00 bits per heavy atom. The molecule has 27 heavy (non-hydrogen) atoms. The van der Waals surface area contributed by atoms with E-state index in [-0.39, 0.29) is 30.4 Å². The van der Waals surface area contributed by atoms with Crippen LogP contribution in [-0.2, 0) is 16.1 Å². The number of nitrogens with zero attached hydrogens (tertiary/aromatic N) is 2. The number of rotatable bonds is 7. The molecule has 2 aliphatic rings. The van der Waals surface area contributed by atoms with E-state index < -0.39 is 5.54 Å². The number of nitrogens with one attached hydrogen (secondary N) is 2. The summed E-state index contributed by atoms with van der Waals surface area (Å²) in [5.41, 5.74) is 0.423. The van der Waals surface area contributed by atoms with Crippen molar-refractivity contribution in [2.75, 3.05) is 19.6 Å². The molecule has 2 N–H and O–H groups in total. The van der Waals surface area contributed by atoms with Crippen LogP contribution in [0.5, 0.6) is 0 Å². The molecule has 7 heteroatoms. The van der Waals surface area contributed by atoms with Crippen LogP contribution in [0.3, 0.4) is 0 Å². The average Bonchev–Trinajstić information content (AvgIpc) is 3.12. The summed E-state index contributed by atoms with van der Waals surface area (Å²) >= 11 is 0. The number of carbonyl (C=O) groups is 3. The fourth-order valence-corrected chi connectivity index (χ4v) is 3.65. The van der Waals surface area contributed by atoms with E-state index in [1.807, 2.05) is 18.2 Å². The van der Waals surface area contributed by atoms with Gasteiger partial charge >= 0.3 is 6.03 Å². The van der Waals surface area contributed by atoms with Crippen molar-refractivity contribution in [3.8, 4) is 0 Å². The van der Waals surface area contributed by atoms with Crippen molar-refractivity contribution in [2.45, 2.75) is 51.2 Å². The maximum Gasteiger partial charge on any atom is 0.325 e. The lowest BCUT2D eigenvalue weighted by atomic mass is 10.1. The van der Waals surface area contributed by atoms with Crippen molar-refractivity contribution in [3.05, 3.63) is 35.9 Å². The summed E-state index contributed by atoms with van der Waals surface area (Å²) in [6, 6.07) is 10.1. The molecule has 0 saturated carbocycles. The molecule has 4 amide bonds. The van der Waals surface area contributed by atoms with Crippen LogP contribution < -0.4 is 10.6 Å². The molecular formula is C20H28N4O3. The van der Waals surface area contributed by atoms with E-state index in [1.54, 1.807) is 13.8 Å². The Hall–Kier alpha value is -2.41. The monoisotopic (exact) mass is 372 g/mol. The maximum absolute atomic E-state index is 12.2. The van der Waals surface area contributed by atoms with Gasteiger partial charge in [0.2, 0.25) is 5.91 Å². The van der Waals surface area contributed by atoms with Crippen molar-refractivity contribution >= 4 is 17.8 Å². The largest absolute Gasteiger partial charge is 0.352 e. The number of hydrogen-bond acceptors (Lipinski definition) is 4. The fourth-order valence-electron chi connectivity index (χ4n) is 3.65. The minimum absolute atomic E-state index is 0.0205. The number of urea groups is 1. The number of hydrogen-bond donors (Lipinski definition) is 2. The molecule has 2 aliphatic heterocycles. The number of likely N-dealkylation sites (tertiary alicyclic amines) is 1. The zero-order valence-electron chi connectivity index (χ0n) is 16.0. The highest BCUT2D eigenvalue weighted by molar-refractivity contribution is 6.06. The normalized spacial score (nSPS) is 22.1. The molecule has 1 atom stereocenters. The van der Waals surface area contributed by atoms with E-state index in [4.69, 9.17) is 0 Å². The van der Waals surface area contributed by atoms with Gasteiger partial charge in [0.25, 0.3) is 5.91 Å².